The molecule has 2 rings (SSSR count). The first-order chi connectivity index (χ1) is 10.2. The van der Waals surface area contributed by atoms with E-state index in [2.05, 4.69) is 42.6 Å². The third-order valence-electron chi connectivity index (χ3n) is 3.30. The van der Waals surface area contributed by atoms with Crippen LogP contribution >= 0.6 is 0 Å². The van der Waals surface area contributed by atoms with Gasteiger partial charge in [-0.05, 0) is 25.5 Å². The number of methoxy groups -OCH3 is 1. The van der Waals surface area contributed by atoms with Gasteiger partial charge >= 0.3 is 0 Å². The van der Waals surface area contributed by atoms with E-state index in [1.807, 2.05) is 19.1 Å². The summed E-state index contributed by atoms with van der Waals surface area (Å²) in [5.74, 6) is 1.62. The van der Waals surface area contributed by atoms with Crippen LogP contribution in [0.15, 0.2) is 42.5 Å². The lowest BCUT2D eigenvalue weighted by Crippen LogP contribution is -2.14. The molecule has 0 aliphatic heterocycles. The molecule has 3 nitrogen and oxygen atoms in total. The van der Waals surface area contributed by atoms with Crippen molar-refractivity contribution in [2.24, 2.45) is 0 Å². The Balaban J connectivity index is 2.02. The first-order valence-corrected chi connectivity index (χ1v) is 7.29. The number of nitrogens with one attached hydrogen (secondary N) is 1. The lowest BCUT2D eigenvalue weighted by Gasteiger charge is -2.14. The molecule has 0 saturated carbocycles. The summed E-state index contributed by atoms with van der Waals surface area (Å²) in [5, 5.41) is 3.46. The fourth-order valence-electron chi connectivity index (χ4n) is 2.33. The first kappa shape index (κ1) is 15.4. The monoisotopic (exact) mass is 285 g/mol. The summed E-state index contributed by atoms with van der Waals surface area (Å²) in [6, 6.07) is 14.5. The average Bonchev–Trinajstić information content (AvgIpc) is 2.49. The molecule has 2 aromatic rings. The van der Waals surface area contributed by atoms with E-state index in [0.717, 1.165) is 30.2 Å². The number of benzene rings is 2. The standard InChI is InChI=1S/C18H23NO2/c1-4-21-18-16(9-6-10-17(18)20-3)13-19-12-15-8-5-7-14(2)11-15/h5-11,19H,4,12-13H2,1-3H3. The Kier molecular flexibility index (Phi) is 5.64. The number of aryl methyl sites for hydroxylation is 1. The zero-order valence-corrected chi connectivity index (χ0v) is 13.0. The number of hydrogen-bond acceptors (Lipinski definition) is 3. The Hall–Kier alpha value is -2.00. The van der Waals surface area contributed by atoms with Gasteiger partial charge in [-0.15, -0.1) is 0 Å². The summed E-state index contributed by atoms with van der Waals surface area (Å²) in [6.07, 6.45) is 0. The van der Waals surface area contributed by atoms with Crippen molar-refractivity contribution in [1.29, 1.82) is 0 Å². The third kappa shape index (κ3) is 4.23. The van der Waals surface area contributed by atoms with Crippen molar-refractivity contribution >= 4 is 0 Å². The van der Waals surface area contributed by atoms with Gasteiger partial charge < -0.3 is 14.8 Å². The molecule has 0 bridgehead atoms. The van der Waals surface area contributed by atoms with Gasteiger partial charge in [0.1, 0.15) is 0 Å². The summed E-state index contributed by atoms with van der Waals surface area (Å²) < 4.78 is 11.1. The van der Waals surface area contributed by atoms with Gasteiger partial charge in [0.05, 0.1) is 13.7 Å². The molecule has 0 aromatic heterocycles. The Bertz CT molecular complexity index is 581. The maximum Gasteiger partial charge on any atom is 0.165 e. The number of hydrogen-bond donors (Lipinski definition) is 1. The van der Waals surface area contributed by atoms with E-state index in [9.17, 15) is 0 Å². The smallest absolute Gasteiger partial charge is 0.165 e. The van der Waals surface area contributed by atoms with E-state index in [1.165, 1.54) is 11.1 Å². The SMILES string of the molecule is CCOc1c(CNCc2cccc(C)c2)cccc1OC. The number of rotatable bonds is 7. The normalized spacial score (nSPS) is 10.4. The van der Waals surface area contributed by atoms with Crippen LogP contribution in [0.2, 0.25) is 0 Å². The van der Waals surface area contributed by atoms with Crippen molar-refractivity contribution in [3.8, 4) is 11.5 Å². The summed E-state index contributed by atoms with van der Waals surface area (Å²) in [7, 11) is 1.67. The molecule has 0 amide bonds. The minimum absolute atomic E-state index is 0.630. The fourth-order valence-corrected chi connectivity index (χ4v) is 2.33. The van der Waals surface area contributed by atoms with Gasteiger partial charge in [-0.3, -0.25) is 0 Å². The molecule has 1 N–H and O–H groups in total. The lowest BCUT2D eigenvalue weighted by atomic mass is 10.1. The highest BCUT2D eigenvalue weighted by molar-refractivity contribution is 5.46. The molecule has 112 valence electrons. The van der Waals surface area contributed by atoms with Gasteiger partial charge in [0.2, 0.25) is 0 Å². The van der Waals surface area contributed by atoms with Crippen LogP contribution in [0.3, 0.4) is 0 Å². The second-order valence-electron chi connectivity index (χ2n) is 4.97. The zero-order chi connectivity index (χ0) is 15.1. The largest absolute Gasteiger partial charge is 0.493 e. The average molecular weight is 285 g/mol. The molecule has 0 unspecified atom stereocenters. The third-order valence-corrected chi connectivity index (χ3v) is 3.30. The highest BCUT2D eigenvalue weighted by Crippen LogP contribution is 2.31. The van der Waals surface area contributed by atoms with Gasteiger partial charge in [-0.25, -0.2) is 0 Å². The molecule has 0 spiro atoms. The molecular formula is C18H23NO2. The van der Waals surface area contributed by atoms with Crippen molar-refractivity contribution in [2.75, 3.05) is 13.7 Å². The van der Waals surface area contributed by atoms with E-state index in [4.69, 9.17) is 9.47 Å². The minimum atomic E-state index is 0.630. The summed E-state index contributed by atoms with van der Waals surface area (Å²) >= 11 is 0. The highest BCUT2D eigenvalue weighted by Gasteiger charge is 2.09. The predicted octanol–water partition coefficient (Wildman–Crippen LogP) is 3.69. The van der Waals surface area contributed by atoms with Gasteiger partial charge in [0.25, 0.3) is 0 Å². The Morgan fingerprint density at radius 1 is 1.05 bits per heavy atom. The Morgan fingerprint density at radius 2 is 1.86 bits per heavy atom. The molecule has 0 aliphatic rings. The van der Waals surface area contributed by atoms with Crippen molar-refractivity contribution < 1.29 is 9.47 Å². The predicted molar refractivity (Wildman–Crippen MR) is 85.9 cm³/mol. The second kappa shape index (κ2) is 7.70. The van der Waals surface area contributed by atoms with Crippen molar-refractivity contribution in [2.45, 2.75) is 26.9 Å². The molecule has 0 aliphatic carbocycles. The van der Waals surface area contributed by atoms with Gasteiger partial charge in [-0.1, -0.05) is 42.0 Å². The number of para-hydroxylation sites is 1. The van der Waals surface area contributed by atoms with Gasteiger partial charge in [-0.2, -0.15) is 0 Å². The Morgan fingerprint density at radius 3 is 2.57 bits per heavy atom. The number of ether oxygens (including phenoxy) is 2. The van der Waals surface area contributed by atoms with E-state index in [1.54, 1.807) is 7.11 Å². The van der Waals surface area contributed by atoms with Crippen LogP contribution in [0.4, 0.5) is 0 Å². The molecule has 2 aromatic carbocycles. The highest BCUT2D eigenvalue weighted by atomic mass is 16.5. The minimum Gasteiger partial charge on any atom is -0.493 e. The van der Waals surface area contributed by atoms with Crippen molar-refractivity contribution in [3.63, 3.8) is 0 Å². The van der Waals surface area contributed by atoms with Crippen LogP contribution in [-0.4, -0.2) is 13.7 Å². The van der Waals surface area contributed by atoms with E-state index < -0.39 is 0 Å². The van der Waals surface area contributed by atoms with Crippen LogP contribution in [0.1, 0.15) is 23.6 Å². The van der Waals surface area contributed by atoms with Crippen molar-refractivity contribution in [1.82, 2.24) is 5.32 Å². The molecule has 0 heterocycles. The quantitative estimate of drug-likeness (QED) is 0.841. The van der Waals surface area contributed by atoms with E-state index >= 15 is 0 Å². The summed E-state index contributed by atoms with van der Waals surface area (Å²) in [6.45, 7) is 6.31. The van der Waals surface area contributed by atoms with Crippen LogP contribution in [0.25, 0.3) is 0 Å². The van der Waals surface area contributed by atoms with Crippen molar-refractivity contribution in [3.05, 3.63) is 59.2 Å². The molecule has 0 radical (unpaired) electrons. The Labute approximate surface area is 126 Å². The van der Waals surface area contributed by atoms with Gasteiger partial charge in [0, 0.05) is 18.7 Å². The topological polar surface area (TPSA) is 30.5 Å². The van der Waals surface area contributed by atoms with E-state index in [-0.39, 0.29) is 0 Å². The van der Waals surface area contributed by atoms with Gasteiger partial charge in [0.15, 0.2) is 11.5 Å². The zero-order valence-electron chi connectivity index (χ0n) is 13.0. The van der Waals surface area contributed by atoms with Crippen LogP contribution < -0.4 is 14.8 Å². The van der Waals surface area contributed by atoms with Crippen LogP contribution in [0, 0.1) is 6.92 Å². The maximum absolute atomic E-state index is 5.72. The van der Waals surface area contributed by atoms with Crippen LogP contribution in [0.5, 0.6) is 11.5 Å². The summed E-state index contributed by atoms with van der Waals surface area (Å²) in [4.78, 5) is 0. The van der Waals surface area contributed by atoms with E-state index in [0.29, 0.717) is 6.61 Å². The molecule has 0 atom stereocenters. The maximum atomic E-state index is 5.72. The molecule has 0 fully saturated rings. The molecular weight excluding hydrogens is 262 g/mol. The summed E-state index contributed by atoms with van der Waals surface area (Å²) in [5.41, 5.74) is 3.69. The molecule has 0 saturated heterocycles. The molecule has 21 heavy (non-hydrogen) atoms. The lowest BCUT2D eigenvalue weighted by molar-refractivity contribution is 0.306. The first-order valence-electron chi connectivity index (χ1n) is 7.29. The molecule has 3 heteroatoms. The fraction of sp³-hybridized carbons (Fsp3) is 0.333. The second-order valence-corrected chi connectivity index (χ2v) is 4.97. The van der Waals surface area contributed by atoms with Crippen LogP contribution in [-0.2, 0) is 13.1 Å².